The third-order valence-electron chi connectivity index (χ3n) is 3.28. The molecule has 0 saturated heterocycles. The van der Waals surface area contributed by atoms with Crippen molar-refractivity contribution < 1.29 is 9.47 Å². The first-order valence-electron chi connectivity index (χ1n) is 6.29. The molecule has 0 aliphatic rings. The zero-order valence-electron chi connectivity index (χ0n) is 11.9. The van der Waals surface area contributed by atoms with Gasteiger partial charge in [-0.3, -0.25) is 0 Å². The molecule has 0 fully saturated rings. The third-order valence-corrected chi connectivity index (χ3v) is 4.31. The molecule has 0 spiro atoms. The van der Waals surface area contributed by atoms with Crippen LogP contribution in [0.2, 0.25) is 10.0 Å². The molecule has 2 aromatic carbocycles. The number of hydrogen-bond donors (Lipinski definition) is 0. The SMILES string of the molecule is COc1cc(Cl)c(C(Cl)c2ccc(Cl)cc2C)cc1OC. The lowest BCUT2D eigenvalue weighted by Gasteiger charge is -2.17. The van der Waals surface area contributed by atoms with Crippen LogP contribution in [0.25, 0.3) is 0 Å². The molecule has 0 aliphatic heterocycles. The normalized spacial score (nSPS) is 12.1. The van der Waals surface area contributed by atoms with E-state index in [4.69, 9.17) is 44.3 Å². The Kier molecular flexibility index (Phi) is 5.26. The summed E-state index contributed by atoms with van der Waals surface area (Å²) in [6.07, 6.45) is 0. The Morgan fingerprint density at radius 3 is 2.10 bits per heavy atom. The molecule has 0 radical (unpaired) electrons. The minimum absolute atomic E-state index is 0.394. The Morgan fingerprint density at radius 2 is 1.52 bits per heavy atom. The Labute approximate surface area is 139 Å². The van der Waals surface area contributed by atoms with Crippen molar-refractivity contribution in [2.75, 3.05) is 14.2 Å². The third kappa shape index (κ3) is 3.39. The van der Waals surface area contributed by atoms with E-state index >= 15 is 0 Å². The fourth-order valence-electron chi connectivity index (χ4n) is 2.16. The van der Waals surface area contributed by atoms with Crippen molar-refractivity contribution in [1.29, 1.82) is 0 Å². The maximum absolute atomic E-state index is 6.60. The summed E-state index contributed by atoms with van der Waals surface area (Å²) in [6, 6.07) is 9.10. The van der Waals surface area contributed by atoms with Crippen LogP contribution in [-0.4, -0.2) is 14.2 Å². The quantitative estimate of drug-likeness (QED) is 0.667. The predicted molar refractivity (Wildman–Crippen MR) is 88.4 cm³/mol. The van der Waals surface area contributed by atoms with E-state index in [1.807, 2.05) is 25.1 Å². The molecule has 1 atom stereocenters. The molecule has 2 aromatic rings. The van der Waals surface area contributed by atoms with Crippen LogP contribution in [0, 0.1) is 6.92 Å². The molecule has 1 unspecified atom stereocenters. The van der Waals surface area contributed by atoms with Crippen LogP contribution < -0.4 is 9.47 Å². The van der Waals surface area contributed by atoms with Crippen molar-refractivity contribution in [2.24, 2.45) is 0 Å². The summed E-state index contributed by atoms with van der Waals surface area (Å²) >= 11 is 18.9. The van der Waals surface area contributed by atoms with E-state index in [0.29, 0.717) is 21.5 Å². The van der Waals surface area contributed by atoms with Gasteiger partial charge >= 0.3 is 0 Å². The van der Waals surface area contributed by atoms with Crippen molar-refractivity contribution in [3.05, 3.63) is 57.1 Å². The topological polar surface area (TPSA) is 18.5 Å². The van der Waals surface area contributed by atoms with Gasteiger partial charge in [-0.2, -0.15) is 0 Å². The second kappa shape index (κ2) is 6.78. The zero-order chi connectivity index (χ0) is 15.6. The van der Waals surface area contributed by atoms with Gasteiger partial charge in [-0.25, -0.2) is 0 Å². The van der Waals surface area contributed by atoms with Gasteiger partial charge in [0, 0.05) is 16.1 Å². The van der Waals surface area contributed by atoms with Crippen molar-refractivity contribution in [1.82, 2.24) is 0 Å². The first-order valence-corrected chi connectivity index (χ1v) is 7.48. The van der Waals surface area contributed by atoms with Crippen LogP contribution in [0.3, 0.4) is 0 Å². The van der Waals surface area contributed by atoms with Crippen molar-refractivity contribution in [2.45, 2.75) is 12.3 Å². The Balaban J connectivity index is 2.50. The van der Waals surface area contributed by atoms with Crippen LogP contribution in [-0.2, 0) is 0 Å². The first kappa shape index (κ1) is 16.3. The number of rotatable bonds is 4. The smallest absolute Gasteiger partial charge is 0.162 e. The molecule has 5 heteroatoms. The Hall–Kier alpha value is -1.09. The molecule has 2 nitrogen and oxygen atoms in total. The summed E-state index contributed by atoms with van der Waals surface area (Å²) in [5.74, 6) is 1.16. The fraction of sp³-hybridized carbons (Fsp3) is 0.250. The van der Waals surface area contributed by atoms with E-state index in [9.17, 15) is 0 Å². The zero-order valence-corrected chi connectivity index (χ0v) is 14.2. The van der Waals surface area contributed by atoms with Crippen LogP contribution in [0.15, 0.2) is 30.3 Å². The van der Waals surface area contributed by atoms with Gasteiger partial charge < -0.3 is 9.47 Å². The van der Waals surface area contributed by atoms with E-state index in [2.05, 4.69) is 0 Å². The highest BCUT2D eigenvalue weighted by Gasteiger charge is 2.19. The number of aryl methyl sites for hydroxylation is 1. The lowest BCUT2D eigenvalue weighted by molar-refractivity contribution is 0.354. The summed E-state index contributed by atoms with van der Waals surface area (Å²) in [4.78, 5) is 0. The minimum Gasteiger partial charge on any atom is -0.493 e. The molecule has 0 aromatic heterocycles. The van der Waals surface area contributed by atoms with Gasteiger partial charge in [0.15, 0.2) is 11.5 Å². The summed E-state index contributed by atoms with van der Waals surface area (Å²) in [7, 11) is 3.14. The standard InChI is InChI=1S/C16H15Cl3O2/c1-9-6-10(17)4-5-11(9)16(19)12-7-14(20-2)15(21-3)8-13(12)18/h4-8,16H,1-3H3. The average molecular weight is 346 g/mol. The monoisotopic (exact) mass is 344 g/mol. The van der Waals surface area contributed by atoms with Gasteiger partial charge in [0.25, 0.3) is 0 Å². The van der Waals surface area contributed by atoms with Gasteiger partial charge in [0.1, 0.15) is 0 Å². The predicted octanol–water partition coefficient (Wildman–Crippen LogP) is 5.65. The van der Waals surface area contributed by atoms with Crippen LogP contribution in [0.4, 0.5) is 0 Å². The van der Waals surface area contributed by atoms with Crippen molar-refractivity contribution in [3.8, 4) is 11.5 Å². The highest BCUT2D eigenvalue weighted by Crippen LogP contribution is 2.41. The first-order chi connectivity index (χ1) is 9.97. The molecule has 0 bridgehead atoms. The van der Waals surface area contributed by atoms with Gasteiger partial charge in [-0.15, -0.1) is 11.6 Å². The highest BCUT2D eigenvalue weighted by molar-refractivity contribution is 6.33. The van der Waals surface area contributed by atoms with E-state index in [0.717, 1.165) is 16.7 Å². The van der Waals surface area contributed by atoms with Crippen LogP contribution in [0.1, 0.15) is 22.1 Å². The van der Waals surface area contributed by atoms with E-state index in [1.165, 1.54) is 0 Å². The number of benzene rings is 2. The summed E-state index contributed by atoms with van der Waals surface area (Å²) in [5.41, 5.74) is 2.73. The van der Waals surface area contributed by atoms with E-state index in [-0.39, 0.29) is 0 Å². The molecule has 2 rings (SSSR count). The summed E-state index contributed by atoms with van der Waals surface area (Å²) in [5, 5.41) is 0.815. The largest absolute Gasteiger partial charge is 0.493 e. The van der Waals surface area contributed by atoms with Crippen molar-refractivity contribution >= 4 is 34.8 Å². The van der Waals surface area contributed by atoms with Gasteiger partial charge in [0.05, 0.1) is 19.6 Å². The molecule has 0 heterocycles. The van der Waals surface area contributed by atoms with Crippen LogP contribution in [0.5, 0.6) is 11.5 Å². The number of halogens is 3. The second-order valence-corrected chi connectivity index (χ2v) is 5.87. The maximum Gasteiger partial charge on any atom is 0.162 e. The molecular formula is C16H15Cl3O2. The fourth-order valence-corrected chi connectivity index (χ4v) is 3.13. The number of alkyl halides is 1. The van der Waals surface area contributed by atoms with E-state index < -0.39 is 5.38 Å². The Bertz CT molecular complexity index is 656. The average Bonchev–Trinajstić information content (AvgIpc) is 2.46. The molecule has 112 valence electrons. The second-order valence-electron chi connectivity index (χ2n) is 4.59. The van der Waals surface area contributed by atoms with Crippen LogP contribution >= 0.6 is 34.8 Å². The molecule has 0 N–H and O–H groups in total. The highest BCUT2D eigenvalue weighted by atomic mass is 35.5. The molecule has 21 heavy (non-hydrogen) atoms. The maximum atomic E-state index is 6.60. The molecule has 0 saturated carbocycles. The van der Waals surface area contributed by atoms with Gasteiger partial charge in [-0.1, -0.05) is 29.3 Å². The van der Waals surface area contributed by atoms with Gasteiger partial charge in [0.2, 0.25) is 0 Å². The number of hydrogen-bond acceptors (Lipinski definition) is 2. The van der Waals surface area contributed by atoms with Crippen molar-refractivity contribution in [3.63, 3.8) is 0 Å². The van der Waals surface area contributed by atoms with E-state index in [1.54, 1.807) is 26.4 Å². The molecule has 0 aliphatic carbocycles. The molecule has 0 amide bonds. The Morgan fingerprint density at radius 1 is 0.905 bits per heavy atom. The summed E-state index contributed by atoms with van der Waals surface area (Å²) in [6.45, 7) is 1.96. The van der Waals surface area contributed by atoms with Gasteiger partial charge in [-0.05, 0) is 41.8 Å². The number of ether oxygens (including phenoxy) is 2. The lowest BCUT2D eigenvalue weighted by atomic mass is 9.99. The summed E-state index contributed by atoms with van der Waals surface area (Å²) < 4.78 is 10.5. The minimum atomic E-state index is -0.394. The molecular weight excluding hydrogens is 331 g/mol. The number of methoxy groups -OCH3 is 2. The lowest BCUT2D eigenvalue weighted by Crippen LogP contribution is -1.99.